The number of aliphatic hydroxyl groups excluding tert-OH is 1. The lowest BCUT2D eigenvalue weighted by molar-refractivity contribution is 0.270. The molecule has 1 aromatic carbocycles. The molecule has 0 unspecified atom stereocenters. The molecule has 0 fully saturated rings. The molecule has 2 rings (SSSR count). The van der Waals surface area contributed by atoms with Gasteiger partial charge in [0.2, 0.25) is 0 Å². The Balaban J connectivity index is 2.60. The number of ether oxygens (including phenoxy) is 2. The third-order valence-corrected chi connectivity index (χ3v) is 4.15. The molecular weight excluding hydrogens is 402 g/mol. The molecular formula is C17H16BrN5O3. The van der Waals surface area contributed by atoms with Crippen LogP contribution in [0.3, 0.4) is 0 Å². The van der Waals surface area contributed by atoms with Gasteiger partial charge in [-0.1, -0.05) is 0 Å². The Morgan fingerprint density at radius 3 is 2.65 bits per heavy atom. The average molecular weight is 418 g/mol. The molecule has 1 heterocycles. The minimum absolute atomic E-state index is 0.0887. The molecule has 9 heteroatoms. The van der Waals surface area contributed by atoms with Gasteiger partial charge in [0.1, 0.15) is 29.2 Å². The van der Waals surface area contributed by atoms with Crippen molar-refractivity contribution >= 4 is 33.4 Å². The molecule has 0 saturated carbocycles. The van der Waals surface area contributed by atoms with Gasteiger partial charge >= 0.3 is 0 Å². The van der Waals surface area contributed by atoms with Crippen molar-refractivity contribution in [3.63, 3.8) is 0 Å². The molecule has 2 aromatic rings. The minimum Gasteiger partial charge on any atom is -0.493 e. The highest BCUT2D eigenvalue weighted by Gasteiger charge is 2.19. The van der Waals surface area contributed by atoms with Gasteiger partial charge < -0.3 is 20.3 Å². The van der Waals surface area contributed by atoms with E-state index in [0.717, 1.165) is 0 Å². The van der Waals surface area contributed by atoms with Crippen LogP contribution < -0.4 is 15.2 Å². The molecule has 8 nitrogen and oxygen atoms in total. The van der Waals surface area contributed by atoms with Crippen LogP contribution >= 0.6 is 15.9 Å². The fourth-order valence-electron chi connectivity index (χ4n) is 2.38. The second-order valence-corrected chi connectivity index (χ2v) is 5.93. The van der Waals surface area contributed by atoms with Crippen molar-refractivity contribution in [2.24, 2.45) is 0 Å². The zero-order chi connectivity index (χ0) is 19.3. The highest BCUT2D eigenvalue weighted by Crippen LogP contribution is 2.37. The maximum atomic E-state index is 9.55. The highest BCUT2D eigenvalue weighted by molar-refractivity contribution is 9.10. The first-order chi connectivity index (χ1) is 12.5. The van der Waals surface area contributed by atoms with Crippen LogP contribution in [-0.2, 0) is 6.54 Å². The second kappa shape index (κ2) is 8.39. The summed E-state index contributed by atoms with van der Waals surface area (Å²) >= 11 is 3.39. The summed E-state index contributed by atoms with van der Waals surface area (Å²) in [4.78, 5) is 0. The molecule has 0 aliphatic carbocycles. The predicted molar refractivity (Wildman–Crippen MR) is 99.2 cm³/mol. The number of nitrogens with zero attached hydrogens (tertiary/aromatic N) is 4. The molecule has 1 aromatic heterocycles. The smallest absolute Gasteiger partial charge is 0.174 e. The standard InChI is InChI=1S/C17H16BrN5O3/c1-25-14-7-10(6-13(18)16(14)26-2)5-11(8-19)15-12(9-20)17(21)23(22-15)3-4-24/h5-7,24H,3-4,21H2,1-2H3. The molecule has 0 amide bonds. The van der Waals surface area contributed by atoms with Crippen LogP contribution in [0.2, 0.25) is 0 Å². The molecule has 0 bridgehead atoms. The minimum atomic E-state index is -0.190. The van der Waals surface area contributed by atoms with Crippen LogP contribution in [-0.4, -0.2) is 35.7 Å². The summed E-state index contributed by atoms with van der Waals surface area (Å²) in [5, 5.41) is 32.2. The normalized spacial score (nSPS) is 10.9. The molecule has 3 N–H and O–H groups in total. The van der Waals surface area contributed by atoms with Gasteiger partial charge in [0.05, 0.1) is 37.4 Å². The number of aliphatic hydroxyl groups is 1. The van der Waals surface area contributed by atoms with Crippen molar-refractivity contribution in [3.05, 3.63) is 33.4 Å². The summed E-state index contributed by atoms with van der Waals surface area (Å²) in [5.41, 5.74) is 6.93. The van der Waals surface area contributed by atoms with Gasteiger partial charge in [0.15, 0.2) is 11.5 Å². The highest BCUT2D eigenvalue weighted by atomic mass is 79.9. The first-order valence-electron chi connectivity index (χ1n) is 7.41. The van der Waals surface area contributed by atoms with Gasteiger partial charge in [-0.25, -0.2) is 4.68 Å². The Bertz CT molecular complexity index is 937. The Morgan fingerprint density at radius 1 is 1.38 bits per heavy atom. The summed E-state index contributed by atoms with van der Waals surface area (Å²) in [6.07, 6.45) is 1.57. The van der Waals surface area contributed by atoms with Gasteiger partial charge in [-0.15, -0.1) is 0 Å². The van der Waals surface area contributed by atoms with E-state index in [4.69, 9.17) is 20.3 Å². The van der Waals surface area contributed by atoms with Gasteiger partial charge in [0.25, 0.3) is 0 Å². The van der Waals surface area contributed by atoms with Crippen LogP contribution in [0.4, 0.5) is 5.82 Å². The largest absolute Gasteiger partial charge is 0.493 e. The van der Waals surface area contributed by atoms with Crippen LogP contribution in [0.15, 0.2) is 16.6 Å². The Morgan fingerprint density at radius 2 is 2.12 bits per heavy atom. The third kappa shape index (κ3) is 3.64. The first kappa shape index (κ1) is 19.3. The number of nitrogen functional groups attached to an aromatic ring is 1. The molecule has 0 saturated heterocycles. The van der Waals surface area contributed by atoms with E-state index in [2.05, 4.69) is 21.0 Å². The number of rotatable bonds is 6. The van der Waals surface area contributed by atoms with Crippen molar-refractivity contribution in [1.82, 2.24) is 9.78 Å². The summed E-state index contributed by atoms with van der Waals surface area (Å²) in [6.45, 7) is -0.0639. The summed E-state index contributed by atoms with van der Waals surface area (Å²) in [7, 11) is 3.03. The van der Waals surface area contributed by atoms with E-state index >= 15 is 0 Å². The van der Waals surface area contributed by atoms with E-state index in [1.807, 2.05) is 12.1 Å². The molecule has 26 heavy (non-hydrogen) atoms. The lowest BCUT2D eigenvalue weighted by Crippen LogP contribution is -2.07. The Hall–Kier alpha value is -3.01. The average Bonchev–Trinajstić information content (AvgIpc) is 2.95. The zero-order valence-electron chi connectivity index (χ0n) is 14.2. The molecule has 0 aliphatic heterocycles. The second-order valence-electron chi connectivity index (χ2n) is 5.08. The van der Waals surface area contributed by atoms with E-state index in [-0.39, 0.29) is 35.8 Å². The monoisotopic (exact) mass is 417 g/mol. The van der Waals surface area contributed by atoms with Gasteiger partial charge in [-0.2, -0.15) is 15.6 Å². The summed E-state index contributed by atoms with van der Waals surface area (Å²) in [5.74, 6) is 1.11. The fourth-order valence-corrected chi connectivity index (χ4v) is 3.00. The Labute approximate surface area is 158 Å². The topological polar surface area (TPSA) is 130 Å². The van der Waals surface area contributed by atoms with Crippen molar-refractivity contribution < 1.29 is 14.6 Å². The predicted octanol–water partition coefficient (Wildman–Crippen LogP) is 2.17. The zero-order valence-corrected chi connectivity index (χ0v) is 15.7. The van der Waals surface area contributed by atoms with E-state index < -0.39 is 0 Å². The third-order valence-electron chi connectivity index (χ3n) is 3.56. The fraction of sp³-hybridized carbons (Fsp3) is 0.235. The lowest BCUT2D eigenvalue weighted by Gasteiger charge is -2.10. The SMILES string of the molecule is COc1cc(C=C(C#N)c2nn(CCO)c(N)c2C#N)cc(Br)c1OC. The lowest BCUT2D eigenvalue weighted by atomic mass is 10.1. The van der Waals surface area contributed by atoms with Gasteiger partial charge in [0, 0.05) is 0 Å². The molecule has 0 atom stereocenters. The number of hydrogen-bond acceptors (Lipinski definition) is 7. The Kier molecular flexibility index (Phi) is 6.23. The van der Waals surface area contributed by atoms with Gasteiger partial charge in [-0.05, 0) is 39.7 Å². The molecule has 134 valence electrons. The van der Waals surface area contributed by atoms with Crippen LogP contribution in [0.1, 0.15) is 16.8 Å². The van der Waals surface area contributed by atoms with Crippen molar-refractivity contribution in [2.45, 2.75) is 6.54 Å². The molecule has 0 aliphatic rings. The van der Waals surface area contributed by atoms with E-state index in [0.29, 0.717) is 21.5 Å². The van der Waals surface area contributed by atoms with Crippen LogP contribution in [0, 0.1) is 22.7 Å². The van der Waals surface area contributed by atoms with Crippen LogP contribution in [0.5, 0.6) is 11.5 Å². The van der Waals surface area contributed by atoms with Gasteiger partial charge in [-0.3, -0.25) is 0 Å². The van der Waals surface area contributed by atoms with E-state index in [1.165, 1.54) is 18.9 Å². The van der Waals surface area contributed by atoms with Crippen molar-refractivity contribution in [1.29, 1.82) is 10.5 Å². The summed E-state index contributed by atoms with van der Waals surface area (Å²) < 4.78 is 12.5. The number of nitrogens with two attached hydrogens (primary N) is 1. The number of allylic oxidation sites excluding steroid dienone is 1. The van der Waals surface area contributed by atoms with Crippen molar-refractivity contribution in [2.75, 3.05) is 26.6 Å². The molecule has 0 spiro atoms. The van der Waals surface area contributed by atoms with E-state index in [1.54, 1.807) is 18.2 Å². The van der Waals surface area contributed by atoms with Crippen molar-refractivity contribution in [3.8, 4) is 23.6 Å². The quantitative estimate of drug-likeness (QED) is 0.688. The number of aromatic nitrogens is 2. The molecule has 0 radical (unpaired) electrons. The van der Waals surface area contributed by atoms with Crippen LogP contribution in [0.25, 0.3) is 11.6 Å². The number of nitriles is 2. The maximum Gasteiger partial charge on any atom is 0.174 e. The first-order valence-corrected chi connectivity index (χ1v) is 8.20. The number of methoxy groups -OCH3 is 2. The number of hydrogen-bond donors (Lipinski definition) is 2. The summed E-state index contributed by atoms with van der Waals surface area (Å²) in [6, 6.07) is 7.44. The number of halogens is 1. The number of anilines is 1. The maximum absolute atomic E-state index is 9.55. The number of benzene rings is 1. The van der Waals surface area contributed by atoms with E-state index in [9.17, 15) is 10.5 Å².